The first-order valence-corrected chi connectivity index (χ1v) is 21.3. The molecular formula is C48H45N6O3S2+. The van der Waals surface area contributed by atoms with Crippen molar-refractivity contribution in [3.63, 3.8) is 0 Å². The van der Waals surface area contributed by atoms with Gasteiger partial charge in [-0.3, -0.25) is 9.59 Å². The number of rotatable bonds is 16. The zero-order valence-electron chi connectivity index (χ0n) is 32.8. The van der Waals surface area contributed by atoms with Gasteiger partial charge < -0.3 is 25.2 Å². The van der Waals surface area contributed by atoms with Crippen LogP contribution in [0.15, 0.2) is 146 Å². The molecule has 0 fully saturated rings. The zero-order valence-corrected chi connectivity index (χ0v) is 34.4. The van der Waals surface area contributed by atoms with E-state index in [0.717, 1.165) is 44.2 Å². The average Bonchev–Trinajstić information content (AvgIpc) is 3.83. The van der Waals surface area contributed by atoms with Gasteiger partial charge in [0.05, 0.1) is 36.5 Å². The number of thiazole rings is 2. The molecule has 0 bridgehead atoms. The van der Waals surface area contributed by atoms with Gasteiger partial charge in [-0.05, 0) is 59.7 Å². The number of ether oxygens (including phenoxy) is 1. The van der Waals surface area contributed by atoms with E-state index in [4.69, 9.17) is 4.74 Å². The summed E-state index contributed by atoms with van der Waals surface area (Å²) in [5.41, 5.74) is 8.52. The van der Waals surface area contributed by atoms with Gasteiger partial charge in [-0.25, -0.2) is 4.98 Å². The number of ketones is 1. The number of carbonyl (C=O) groups is 2. The van der Waals surface area contributed by atoms with Crippen LogP contribution in [0.3, 0.4) is 0 Å². The molecule has 2 aliphatic heterocycles. The minimum absolute atomic E-state index is 0.0816. The van der Waals surface area contributed by atoms with E-state index in [1.807, 2.05) is 89.0 Å². The fraction of sp³-hybridized carbons (Fsp3) is 0.167. The summed E-state index contributed by atoms with van der Waals surface area (Å²) in [7, 11) is 2.09. The molecule has 0 unspecified atom stereocenters. The summed E-state index contributed by atoms with van der Waals surface area (Å²) in [5.74, 6) is -0.00753. The lowest BCUT2D eigenvalue weighted by Crippen LogP contribution is -2.37. The molecular weight excluding hydrogens is 773 g/mol. The molecule has 0 radical (unpaired) electrons. The van der Waals surface area contributed by atoms with E-state index in [0.29, 0.717) is 26.3 Å². The number of hydrogen-bond acceptors (Lipinski definition) is 9. The maximum Gasteiger partial charge on any atom is 0.262 e. The number of Topliss-reactive ketones (excluding diaryl/α,β-unsaturated/α-hetero) is 1. The van der Waals surface area contributed by atoms with Gasteiger partial charge in [0.1, 0.15) is 23.3 Å². The van der Waals surface area contributed by atoms with Gasteiger partial charge in [-0.1, -0.05) is 96.3 Å². The molecule has 11 heteroatoms. The molecule has 6 aromatic rings. The number of para-hydroxylation sites is 4. The molecule has 59 heavy (non-hydrogen) atoms. The second kappa shape index (κ2) is 19.0. The third-order valence-corrected chi connectivity index (χ3v) is 12.2. The highest BCUT2D eigenvalue weighted by atomic mass is 32.1. The molecule has 2 aromatic heterocycles. The number of hydrogen-bond donors (Lipinski definition) is 2. The van der Waals surface area contributed by atoms with Gasteiger partial charge >= 0.3 is 0 Å². The molecule has 0 saturated heterocycles. The summed E-state index contributed by atoms with van der Waals surface area (Å²) in [5, 5.41) is 8.30. The Bertz CT molecular complexity index is 2630. The van der Waals surface area contributed by atoms with Crippen molar-refractivity contribution >= 4 is 89.5 Å². The maximum absolute atomic E-state index is 13.0. The van der Waals surface area contributed by atoms with Crippen LogP contribution in [0.5, 0.6) is 0 Å². The Balaban J connectivity index is 0.736. The van der Waals surface area contributed by atoms with Crippen molar-refractivity contribution in [3.8, 4) is 0 Å². The number of anilines is 2. The summed E-state index contributed by atoms with van der Waals surface area (Å²) < 4.78 is 10.4. The van der Waals surface area contributed by atoms with Gasteiger partial charge in [0.25, 0.3) is 5.01 Å². The Morgan fingerprint density at radius 1 is 0.729 bits per heavy atom. The Morgan fingerprint density at radius 2 is 1.36 bits per heavy atom. The van der Waals surface area contributed by atoms with Crippen molar-refractivity contribution in [2.75, 3.05) is 55.7 Å². The monoisotopic (exact) mass is 817 g/mol. The number of aryl methyl sites for hydroxylation is 1. The first kappa shape index (κ1) is 39.6. The molecule has 4 aromatic carbocycles. The van der Waals surface area contributed by atoms with E-state index in [9.17, 15) is 9.59 Å². The maximum atomic E-state index is 13.0. The van der Waals surface area contributed by atoms with Crippen molar-refractivity contribution in [3.05, 3.63) is 167 Å². The van der Waals surface area contributed by atoms with Crippen LogP contribution in [0.2, 0.25) is 0 Å². The number of fused-ring (bicyclic) bond motifs is 4. The second-order valence-electron chi connectivity index (χ2n) is 14.0. The van der Waals surface area contributed by atoms with E-state index in [-0.39, 0.29) is 31.3 Å². The fourth-order valence-corrected chi connectivity index (χ4v) is 9.02. The van der Waals surface area contributed by atoms with Crippen LogP contribution >= 0.6 is 22.7 Å². The average molecular weight is 818 g/mol. The lowest BCUT2D eigenvalue weighted by atomic mass is 9.99. The highest BCUT2D eigenvalue weighted by Crippen LogP contribution is 2.34. The second-order valence-corrected chi connectivity index (χ2v) is 16.2. The third-order valence-electron chi connectivity index (χ3n) is 10.0. The van der Waals surface area contributed by atoms with Crippen LogP contribution in [0.25, 0.3) is 43.7 Å². The number of nitrogens with one attached hydrogen (secondary N) is 2. The molecule has 1 amide bonds. The number of carbonyl (C=O) groups excluding carboxylic acids is 2. The van der Waals surface area contributed by atoms with E-state index < -0.39 is 0 Å². The summed E-state index contributed by atoms with van der Waals surface area (Å²) in [6.45, 7) is 2.45. The van der Waals surface area contributed by atoms with Crippen LogP contribution in [0.4, 0.5) is 11.4 Å². The van der Waals surface area contributed by atoms with Crippen LogP contribution in [-0.2, 0) is 21.4 Å². The van der Waals surface area contributed by atoms with Crippen molar-refractivity contribution in [1.29, 1.82) is 0 Å². The molecule has 0 saturated carbocycles. The van der Waals surface area contributed by atoms with Gasteiger partial charge in [0, 0.05) is 60.1 Å². The van der Waals surface area contributed by atoms with Crippen LogP contribution in [0.1, 0.15) is 21.1 Å². The van der Waals surface area contributed by atoms with Crippen molar-refractivity contribution in [1.82, 2.24) is 15.6 Å². The first-order chi connectivity index (χ1) is 29.0. The standard InChI is InChI=1S/C48H44N6O3S2/c1-52-43-19-7-9-21-45(43)59-48(52)23-11-13-36-24-28-53(41-17-5-2-14-38(36)41)33-37(55)32-49-26-30-57-31-27-50-46(56)34-54-29-25-35(39-15-3-6-18-42(39)54)12-10-22-47-51-40-16-4-8-20-44(40)58-47/h2-25,28-29,49H,26-27,30-34H2,1H3/p+1/b22-10+,35-12-. The van der Waals surface area contributed by atoms with E-state index in [1.165, 1.54) is 19.9 Å². The van der Waals surface area contributed by atoms with Gasteiger partial charge in [-0.2, -0.15) is 4.57 Å². The Kier molecular flexibility index (Phi) is 12.8. The summed E-state index contributed by atoms with van der Waals surface area (Å²) in [6.07, 6.45) is 20.5. The quantitative estimate of drug-likeness (QED) is 0.0753. The molecule has 0 spiro atoms. The molecule has 8 rings (SSSR count). The summed E-state index contributed by atoms with van der Waals surface area (Å²) >= 11 is 3.44. The normalized spacial score (nSPS) is 15.0. The highest BCUT2D eigenvalue weighted by Gasteiger charge is 2.20. The number of allylic oxidation sites excluding steroid dienone is 8. The molecule has 4 heterocycles. The molecule has 0 aliphatic carbocycles. The summed E-state index contributed by atoms with van der Waals surface area (Å²) in [6, 6.07) is 32.8. The molecule has 0 atom stereocenters. The lowest BCUT2D eigenvalue weighted by Gasteiger charge is -2.27. The SMILES string of the molecule is C[n+]1c(C=C/C=C2/C=CN(CC(=O)CNCCOCCNC(=O)CN3C=C/C(=C/C=C/c4nc5ccccc5s4)c4ccccc43)c3ccccc32)sc2ccccc21. The fourth-order valence-electron chi connectivity index (χ4n) is 7.07. The Labute approximate surface area is 352 Å². The van der Waals surface area contributed by atoms with Gasteiger partial charge in [-0.15, -0.1) is 11.3 Å². The topological polar surface area (TPSA) is 90.7 Å². The van der Waals surface area contributed by atoms with E-state index in [2.05, 4.69) is 106 Å². The number of aromatic nitrogens is 2. The van der Waals surface area contributed by atoms with Crippen LogP contribution in [0, 0.1) is 0 Å². The third kappa shape index (κ3) is 9.73. The minimum atomic E-state index is -0.0892. The lowest BCUT2D eigenvalue weighted by molar-refractivity contribution is -0.642. The molecule has 2 N–H and O–H groups in total. The minimum Gasteiger partial charge on any atom is -0.378 e. The molecule has 9 nitrogen and oxygen atoms in total. The van der Waals surface area contributed by atoms with Crippen molar-refractivity contribution < 1.29 is 18.9 Å². The van der Waals surface area contributed by atoms with Gasteiger partial charge in [0.2, 0.25) is 11.4 Å². The van der Waals surface area contributed by atoms with E-state index >= 15 is 0 Å². The number of amides is 1. The van der Waals surface area contributed by atoms with Crippen molar-refractivity contribution in [2.45, 2.75) is 0 Å². The Hall–Kier alpha value is -6.24. The molecule has 2 aliphatic rings. The summed E-state index contributed by atoms with van der Waals surface area (Å²) in [4.78, 5) is 34.5. The van der Waals surface area contributed by atoms with E-state index in [1.54, 1.807) is 22.7 Å². The first-order valence-electron chi connectivity index (χ1n) is 19.7. The van der Waals surface area contributed by atoms with Crippen molar-refractivity contribution in [2.24, 2.45) is 7.05 Å². The number of nitrogens with zero attached hydrogens (tertiary/aromatic N) is 4. The Morgan fingerprint density at radius 3 is 2.08 bits per heavy atom. The van der Waals surface area contributed by atoms with Gasteiger partial charge in [0.15, 0.2) is 5.78 Å². The smallest absolute Gasteiger partial charge is 0.262 e. The highest BCUT2D eigenvalue weighted by molar-refractivity contribution is 7.19. The zero-order chi connectivity index (χ0) is 40.4. The van der Waals surface area contributed by atoms with Crippen LogP contribution < -0.4 is 25.0 Å². The largest absolute Gasteiger partial charge is 0.378 e. The molecule has 296 valence electrons. The predicted octanol–water partition coefficient (Wildman–Crippen LogP) is 8.19. The van der Waals surface area contributed by atoms with Crippen LogP contribution in [-0.4, -0.2) is 62.6 Å². The predicted molar refractivity (Wildman–Crippen MR) is 244 cm³/mol. The number of benzene rings is 4.